The molecule has 0 aliphatic heterocycles. The maximum Gasteiger partial charge on any atom is 0.252 e. The van der Waals surface area contributed by atoms with Crippen molar-refractivity contribution in [2.24, 2.45) is 5.92 Å². The predicted octanol–water partition coefficient (Wildman–Crippen LogP) is 2.53. The van der Waals surface area contributed by atoms with Gasteiger partial charge in [-0.05, 0) is 60.3 Å². The molecular formula is C12H16ClIN2O. The Balaban J connectivity index is 2.61. The fourth-order valence-electron chi connectivity index (χ4n) is 1.45. The molecule has 0 radical (unpaired) electrons. The van der Waals surface area contributed by atoms with Crippen LogP contribution in [0, 0.1) is 9.49 Å². The minimum absolute atomic E-state index is 0.0696. The van der Waals surface area contributed by atoms with Crippen LogP contribution in [0.2, 0.25) is 5.02 Å². The molecule has 1 aromatic carbocycles. The lowest BCUT2D eigenvalue weighted by atomic mass is 10.1. The molecule has 0 aliphatic rings. The van der Waals surface area contributed by atoms with E-state index in [0.717, 1.165) is 10.1 Å². The maximum atomic E-state index is 11.9. The molecule has 1 aromatic rings. The summed E-state index contributed by atoms with van der Waals surface area (Å²) >= 11 is 8.01. The largest absolute Gasteiger partial charge is 0.352 e. The lowest BCUT2D eigenvalue weighted by Gasteiger charge is -2.12. The van der Waals surface area contributed by atoms with Gasteiger partial charge in [-0.25, -0.2) is 0 Å². The van der Waals surface area contributed by atoms with Gasteiger partial charge in [0.05, 0.1) is 5.56 Å². The molecule has 17 heavy (non-hydrogen) atoms. The van der Waals surface area contributed by atoms with Crippen molar-refractivity contribution in [2.75, 3.05) is 20.1 Å². The molecule has 1 unspecified atom stereocenters. The topological polar surface area (TPSA) is 41.1 Å². The second kappa shape index (κ2) is 7.18. The van der Waals surface area contributed by atoms with Crippen LogP contribution in [-0.4, -0.2) is 26.0 Å². The standard InChI is InChI=1S/C12H16ClIN2O/c1-8(6-15-2)7-16-12(17)10-5-9(13)3-4-11(10)14/h3-5,8,15H,6-7H2,1-2H3,(H,16,17). The number of hydrogen-bond acceptors (Lipinski definition) is 2. The van der Waals surface area contributed by atoms with E-state index in [0.29, 0.717) is 23.0 Å². The molecule has 0 aromatic heterocycles. The third-order valence-electron chi connectivity index (χ3n) is 2.34. The van der Waals surface area contributed by atoms with Crippen LogP contribution in [0.1, 0.15) is 17.3 Å². The molecule has 0 heterocycles. The SMILES string of the molecule is CNCC(C)CNC(=O)c1cc(Cl)ccc1I. The van der Waals surface area contributed by atoms with E-state index >= 15 is 0 Å². The van der Waals surface area contributed by atoms with E-state index in [1.165, 1.54) is 0 Å². The number of benzene rings is 1. The van der Waals surface area contributed by atoms with Crippen molar-refractivity contribution in [1.29, 1.82) is 0 Å². The average Bonchev–Trinajstić information content (AvgIpc) is 2.29. The number of amides is 1. The van der Waals surface area contributed by atoms with E-state index in [9.17, 15) is 4.79 Å². The van der Waals surface area contributed by atoms with Gasteiger partial charge in [-0.2, -0.15) is 0 Å². The molecule has 1 rings (SSSR count). The second-order valence-electron chi connectivity index (χ2n) is 4.00. The summed E-state index contributed by atoms with van der Waals surface area (Å²) in [6.45, 7) is 3.62. The summed E-state index contributed by atoms with van der Waals surface area (Å²) in [5, 5.41) is 6.57. The van der Waals surface area contributed by atoms with Gasteiger partial charge in [0.25, 0.3) is 5.91 Å². The van der Waals surface area contributed by atoms with Gasteiger partial charge in [0.15, 0.2) is 0 Å². The highest BCUT2D eigenvalue weighted by atomic mass is 127. The highest BCUT2D eigenvalue weighted by Crippen LogP contribution is 2.17. The third-order valence-corrected chi connectivity index (χ3v) is 3.51. The zero-order valence-electron chi connectivity index (χ0n) is 9.89. The quantitative estimate of drug-likeness (QED) is 0.786. The summed E-state index contributed by atoms with van der Waals surface area (Å²) in [5.41, 5.74) is 0.634. The molecule has 5 heteroatoms. The zero-order valence-corrected chi connectivity index (χ0v) is 12.8. The predicted molar refractivity (Wildman–Crippen MR) is 79.6 cm³/mol. The van der Waals surface area contributed by atoms with Gasteiger partial charge in [-0.15, -0.1) is 0 Å². The van der Waals surface area contributed by atoms with Crippen LogP contribution in [0.4, 0.5) is 0 Å². The van der Waals surface area contributed by atoms with Crippen LogP contribution in [0.15, 0.2) is 18.2 Å². The Morgan fingerprint density at radius 3 is 2.82 bits per heavy atom. The van der Waals surface area contributed by atoms with Crippen molar-refractivity contribution >= 4 is 40.1 Å². The number of nitrogens with one attached hydrogen (secondary N) is 2. The van der Waals surface area contributed by atoms with Crippen molar-refractivity contribution in [1.82, 2.24) is 10.6 Å². The van der Waals surface area contributed by atoms with Gasteiger partial charge >= 0.3 is 0 Å². The van der Waals surface area contributed by atoms with Crippen molar-refractivity contribution < 1.29 is 4.79 Å². The fraction of sp³-hybridized carbons (Fsp3) is 0.417. The molecule has 94 valence electrons. The van der Waals surface area contributed by atoms with Crippen molar-refractivity contribution in [3.63, 3.8) is 0 Å². The normalized spacial score (nSPS) is 12.2. The Morgan fingerprint density at radius 2 is 2.18 bits per heavy atom. The molecule has 3 nitrogen and oxygen atoms in total. The highest BCUT2D eigenvalue weighted by molar-refractivity contribution is 14.1. The minimum atomic E-state index is -0.0696. The monoisotopic (exact) mass is 366 g/mol. The first-order valence-corrected chi connectivity index (χ1v) is 6.88. The number of rotatable bonds is 5. The summed E-state index contributed by atoms with van der Waals surface area (Å²) in [6, 6.07) is 5.32. The van der Waals surface area contributed by atoms with Crippen LogP contribution in [-0.2, 0) is 0 Å². The van der Waals surface area contributed by atoms with Gasteiger partial charge in [0.1, 0.15) is 0 Å². The average molecular weight is 367 g/mol. The van der Waals surface area contributed by atoms with Crippen LogP contribution < -0.4 is 10.6 Å². The molecule has 1 amide bonds. The Hall–Kier alpha value is -0.330. The van der Waals surface area contributed by atoms with E-state index < -0.39 is 0 Å². The Kier molecular flexibility index (Phi) is 6.22. The smallest absolute Gasteiger partial charge is 0.252 e. The van der Waals surface area contributed by atoms with Crippen molar-refractivity contribution in [3.8, 4) is 0 Å². The summed E-state index contributed by atoms with van der Waals surface area (Å²) in [6.07, 6.45) is 0. The first-order valence-electron chi connectivity index (χ1n) is 5.42. The van der Waals surface area contributed by atoms with Gasteiger partial charge in [0, 0.05) is 15.1 Å². The minimum Gasteiger partial charge on any atom is -0.352 e. The Morgan fingerprint density at radius 1 is 1.47 bits per heavy atom. The summed E-state index contributed by atoms with van der Waals surface area (Å²) in [5.74, 6) is 0.334. The van der Waals surface area contributed by atoms with E-state index in [1.807, 2.05) is 13.1 Å². The maximum absolute atomic E-state index is 11.9. The van der Waals surface area contributed by atoms with Crippen molar-refractivity contribution in [2.45, 2.75) is 6.92 Å². The van der Waals surface area contributed by atoms with Crippen LogP contribution in [0.3, 0.4) is 0 Å². The van der Waals surface area contributed by atoms with Crippen LogP contribution in [0.5, 0.6) is 0 Å². The van der Waals surface area contributed by atoms with E-state index in [4.69, 9.17) is 11.6 Å². The molecule has 0 fully saturated rings. The lowest BCUT2D eigenvalue weighted by Crippen LogP contribution is -2.32. The highest BCUT2D eigenvalue weighted by Gasteiger charge is 2.11. The van der Waals surface area contributed by atoms with E-state index in [2.05, 4.69) is 40.1 Å². The molecule has 1 atom stereocenters. The zero-order chi connectivity index (χ0) is 12.8. The summed E-state index contributed by atoms with van der Waals surface area (Å²) in [7, 11) is 1.90. The summed E-state index contributed by atoms with van der Waals surface area (Å²) < 4.78 is 0.908. The Labute approximate surface area is 120 Å². The number of hydrogen-bond donors (Lipinski definition) is 2. The van der Waals surface area contributed by atoms with Gasteiger partial charge < -0.3 is 10.6 Å². The molecule has 0 saturated carbocycles. The fourth-order valence-corrected chi connectivity index (χ4v) is 2.21. The van der Waals surface area contributed by atoms with Gasteiger partial charge in [-0.1, -0.05) is 18.5 Å². The third kappa shape index (κ3) is 4.81. The molecule has 2 N–H and O–H groups in total. The van der Waals surface area contributed by atoms with Gasteiger partial charge in [0.2, 0.25) is 0 Å². The van der Waals surface area contributed by atoms with E-state index in [1.54, 1.807) is 12.1 Å². The molecule has 0 spiro atoms. The van der Waals surface area contributed by atoms with Crippen LogP contribution >= 0.6 is 34.2 Å². The second-order valence-corrected chi connectivity index (χ2v) is 5.60. The van der Waals surface area contributed by atoms with Crippen molar-refractivity contribution in [3.05, 3.63) is 32.4 Å². The number of halogens is 2. The summed E-state index contributed by atoms with van der Waals surface area (Å²) in [4.78, 5) is 11.9. The first-order chi connectivity index (χ1) is 8.04. The number of carbonyl (C=O) groups excluding carboxylic acids is 1. The van der Waals surface area contributed by atoms with Crippen LogP contribution in [0.25, 0.3) is 0 Å². The van der Waals surface area contributed by atoms with E-state index in [-0.39, 0.29) is 5.91 Å². The first kappa shape index (κ1) is 14.7. The molecule has 0 aliphatic carbocycles. The Bertz CT molecular complexity index is 398. The molecular weight excluding hydrogens is 351 g/mol. The molecule has 0 saturated heterocycles. The van der Waals surface area contributed by atoms with Gasteiger partial charge in [-0.3, -0.25) is 4.79 Å². The molecule has 0 bridgehead atoms. The lowest BCUT2D eigenvalue weighted by molar-refractivity contribution is 0.0947. The number of carbonyl (C=O) groups is 1.